The lowest BCUT2D eigenvalue weighted by molar-refractivity contribution is -0.0172. The predicted molar refractivity (Wildman–Crippen MR) is 76.8 cm³/mol. The minimum Gasteiger partial charge on any atom is -0.467 e. The van der Waals surface area contributed by atoms with E-state index in [9.17, 15) is 4.39 Å². The minimum absolute atomic E-state index is 0.228. The molecule has 1 aliphatic carbocycles. The van der Waals surface area contributed by atoms with Crippen molar-refractivity contribution in [2.24, 2.45) is 5.92 Å². The lowest BCUT2D eigenvalue weighted by atomic mass is 10.0. The van der Waals surface area contributed by atoms with Gasteiger partial charge in [-0.15, -0.1) is 0 Å². The fraction of sp³-hybridized carbons (Fsp3) is 0.625. The molecule has 4 nitrogen and oxygen atoms in total. The zero-order valence-corrected chi connectivity index (χ0v) is 12.4. The topological polar surface area (TPSA) is 39.7 Å². The third-order valence-electron chi connectivity index (χ3n) is 4.09. The Balaban J connectivity index is 1.60. The van der Waals surface area contributed by atoms with Crippen LogP contribution in [-0.2, 0) is 22.5 Å². The van der Waals surface area contributed by atoms with Crippen LogP contribution in [0.3, 0.4) is 0 Å². The molecule has 0 saturated heterocycles. The van der Waals surface area contributed by atoms with Gasteiger partial charge in [-0.05, 0) is 49.4 Å². The number of fused-ring (bicyclic) bond motifs is 1. The average Bonchev–Trinajstić information content (AvgIpc) is 3.30. The summed E-state index contributed by atoms with van der Waals surface area (Å²) in [4.78, 5) is 0. The molecule has 0 radical (unpaired) electrons. The van der Waals surface area contributed by atoms with Gasteiger partial charge in [0.2, 0.25) is 0 Å². The molecule has 21 heavy (non-hydrogen) atoms. The Kier molecular flexibility index (Phi) is 4.73. The highest BCUT2D eigenvalue weighted by atomic mass is 19.1. The first-order valence-electron chi connectivity index (χ1n) is 7.52. The fourth-order valence-electron chi connectivity index (χ4n) is 2.87. The van der Waals surface area contributed by atoms with E-state index in [4.69, 9.17) is 14.2 Å². The van der Waals surface area contributed by atoms with E-state index < -0.39 is 0 Å². The molecule has 116 valence electrons. The van der Waals surface area contributed by atoms with Gasteiger partial charge in [0.25, 0.3) is 0 Å². The van der Waals surface area contributed by atoms with E-state index in [1.165, 1.54) is 18.9 Å². The van der Waals surface area contributed by atoms with E-state index in [-0.39, 0.29) is 12.6 Å². The quantitative estimate of drug-likeness (QED) is 0.837. The Morgan fingerprint density at radius 3 is 3.05 bits per heavy atom. The summed E-state index contributed by atoms with van der Waals surface area (Å²) in [5, 5.41) is 3.52. The summed E-state index contributed by atoms with van der Waals surface area (Å²) in [5.41, 5.74) is 1.71. The van der Waals surface area contributed by atoms with Crippen molar-refractivity contribution in [1.82, 2.24) is 5.32 Å². The second-order valence-electron chi connectivity index (χ2n) is 5.77. The number of ether oxygens (including phenoxy) is 3. The molecule has 1 aromatic carbocycles. The Bertz CT molecular complexity index is 491. The summed E-state index contributed by atoms with van der Waals surface area (Å²) in [6, 6.07) is 3.46. The van der Waals surface area contributed by atoms with E-state index in [1.54, 1.807) is 13.2 Å². The van der Waals surface area contributed by atoms with E-state index in [2.05, 4.69) is 5.32 Å². The van der Waals surface area contributed by atoms with Crippen molar-refractivity contribution in [3.8, 4) is 5.75 Å². The lowest BCUT2D eigenvalue weighted by Crippen LogP contribution is -2.36. The molecule has 0 spiro atoms. The summed E-state index contributed by atoms with van der Waals surface area (Å²) in [7, 11) is 1.73. The summed E-state index contributed by atoms with van der Waals surface area (Å²) in [5.74, 6) is 1.30. The Morgan fingerprint density at radius 1 is 1.43 bits per heavy atom. The van der Waals surface area contributed by atoms with E-state index in [1.807, 2.05) is 0 Å². The number of hydrogen-bond donors (Lipinski definition) is 1. The van der Waals surface area contributed by atoms with Crippen LogP contribution in [0.1, 0.15) is 24.0 Å². The Hall–Kier alpha value is -1.17. The zero-order valence-electron chi connectivity index (χ0n) is 12.4. The maximum atomic E-state index is 13.6. The van der Waals surface area contributed by atoms with Crippen LogP contribution < -0.4 is 10.1 Å². The van der Waals surface area contributed by atoms with Gasteiger partial charge < -0.3 is 19.5 Å². The van der Waals surface area contributed by atoms with Crippen LogP contribution in [-0.4, -0.2) is 33.1 Å². The molecule has 1 heterocycles. The van der Waals surface area contributed by atoms with Crippen LogP contribution in [0.2, 0.25) is 0 Å². The zero-order chi connectivity index (χ0) is 14.7. The predicted octanol–water partition coefficient (Wildman–Crippen LogP) is 2.25. The minimum atomic E-state index is -0.228. The van der Waals surface area contributed by atoms with Gasteiger partial charge in [0.1, 0.15) is 11.6 Å². The summed E-state index contributed by atoms with van der Waals surface area (Å²) >= 11 is 0. The Labute approximate surface area is 124 Å². The molecule has 0 amide bonds. The van der Waals surface area contributed by atoms with Crippen molar-refractivity contribution in [2.75, 3.05) is 27.1 Å². The largest absolute Gasteiger partial charge is 0.467 e. The molecule has 2 aliphatic rings. The number of nitrogens with one attached hydrogen (secondary N) is 1. The number of rotatable bonds is 7. The highest BCUT2D eigenvalue weighted by Crippen LogP contribution is 2.33. The highest BCUT2D eigenvalue weighted by molar-refractivity contribution is 5.42. The van der Waals surface area contributed by atoms with Gasteiger partial charge >= 0.3 is 0 Å². The number of hydrogen-bond acceptors (Lipinski definition) is 4. The van der Waals surface area contributed by atoms with Crippen LogP contribution >= 0.6 is 0 Å². The molecular formula is C16H22FNO3. The molecular weight excluding hydrogens is 273 g/mol. The lowest BCUT2D eigenvalue weighted by Gasteiger charge is -2.22. The summed E-state index contributed by atoms with van der Waals surface area (Å²) < 4.78 is 29.6. The second kappa shape index (κ2) is 6.73. The molecule has 1 N–H and O–H groups in total. The van der Waals surface area contributed by atoms with Crippen LogP contribution in [0.5, 0.6) is 5.75 Å². The normalized spacial score (nSPS) is 19.0. The van der Waals surface area contributed by atoms with Crippen LogP contribution in [0.25, 0.3) is 0 Å². The van der Waals surface area contributed by atoms with Crippen molar-refractivity contribution < 1.29 is 18.6 Å². The van der Waals surface area contributed by atoms with Crippen molar-refractivity contribution in [1.29, 1.82) is 0 Å². The molecule has 5 heteroatoms. The van der Waals surface area contributed by atoms with Gasteiger partial charge in [-0.3, -0.25) is 0 Å². The van der Waals surface area contributed by atoms with Gasteiger partial charge in [0.15, 0.2) is 6.79 Å². The van der Waals surface area contributed by atoms with Gasteiger partial charge in [-0.25, -0.2) is 4.39 Å². The first-order valence-corrected chi connectivity index (χ1v) is 7.52. The molecule has 1 saturated carbocycles. The maximum absolute atomic E-state index is 13.6. The van der Waals surface area contributed by atoms with Crippen molar-refractivity contribution in [3.63, 3.8) is 0 Å². The van der Waals surface area contributed by atoms with Crippen LogP contribution in [0, 0.1) is 11.7 Å². The summed E-state index contributed by atoms with van der Waals surface area (Å²) in [6.07, 6.45) is 3.29. The van der Waals surface area contributed by atoms with E-state index >= 15 is 0 Å². The van der Waals surface area contributed by atoms with Crippen LogP contribution in [0.4, 0.5) is 4.39 Å². The molecule has 1 fully saturated rings. The molecule has 0 unspecified atom stereocenters. The summed E-state index contributed by atoms with van der Waals surface area (Å²) in [6.45, 7) is 2.19. The number of benzene rings is 1. The van der Waals surface area contributed by atoms with Crippen molar-refractivity contribution in [2.45, 2.75) is 31.9 Å². The van der Waals surface area contributed by atoms with Crippen LogP contribution in [0.15, 0.2) is 12.1 Å². The first kappa shape index (κ1) is 14.8. The molecule has 1 aliphatic heterocycles. The fourth-order valence-corrected chi connectivity index (χ4v) is 2.87. The van der Waals surface area contributed by atoms with Crippen molar-refractivity contribution in [3.05, 3.63) is 29.1 Å². The number of halogens is 1. The molecule has 0 bridgehead atoms. The second-order valence-corrected chi connectivity index (χ2v) is 5.77. The van der Waals surface area contributed by atoms with E-state index in [0.29, 0.717) is 12.6 Å². The van der Waals surface area contributed by atoms with Gasteiger partial charge in [-0.2, -0.15) is 0 Å². The third-order valence-corrected chi connectivity index (χ3v) is 4.09. The van der Waals surface area contributed by atoms with Gasteiger partial charge in [0.05, 0.1) is 13.2 Å². The SMILES string of the molecule is COC[C@@H](NCCc1cc(F)cc2c1OCOC2)C1CC1. The van der Waals surface area contributed by atoms with Gasteiger partial charge in [-0.1, -0.05) is 0 Å². The monoisotopic (exact) mass is 295 g/mol. The third kappa shape index (κ3) is 3.73. The first-order chi connectivity index (χ1) is 10.3. The van der Waals surface area contributed by atoms with Gasteiger partial charge in [0, 0.05) is 18.7 Å². The maximum Gasteiger partial charge on any atom is 0.189 e. The van der Waals surface area contributed by atoms with Crippen molar-refractivity contribution >= 4 is 0 Å². The average molecular weight is 295 g/mol. The number of methoxy groups -OCH3 is 1. The smallest absolute Gasteiger partial charge is 0.189 e. The van der Waals surface area contributed by atoms with E-state index in [0.717, 1.165) is 42.4 Å². The molecule has 1 atom stereocenters. The standard InChI is InChI=1S/C16H22FNO3/c1-19-9-15(11-2-3-11)18-5-4-12-6-14(17)7-13-8-20-10-21-16(12)13/h6-7,11,15,18H,2-5,8-10H2,1H3/t15-/m1/s1. The Morgan fingerprint density at radius 2 is 2.29 bits per heavy atom. The highest BCUT2D eigenvalue weighted by Gasteiger charge is 2.30. The molecule has 1 aromatic rings. The molecule has 0 aromatic heterocycles. The molecule has 3 rings (SSSR count).